The Balaban J connectivity index is 1.62. The van der Waals surface area contributed by atoms with Crippen LogP contribution in [-0.4, -0.2) is 37.1 Å². The van der Waals surface area contributed by atoms with Gasteiger partial charge in [-0.2, -0.15) is 5.10 Å². The van der Waals surface area contributed by atoms with Crippen molar-refractivity contribution in [3.63, 3.8) is 0 Å². The summed E-state index contributed by atoms with van der Waals surface area (Å²) < 4.78 is 0. The molecule has 164 valence electrons. The maximum absolute atomic E-state index is 5.20. The fraction of sp³-hybridized carbons (Fsp3) is 0.333. The predicted molar refractivity (Wildman–Crippen MR) is 130 cm³/mol. The minimum absolute atomic E-state index is 0.265. The van der Waals surface area contributed by atoms with Gasteiger partial charge in [0.15, 0.2) is 0 Å². The Morgan fingerprint density at radius 1 is 1.09 bits per heavy atom. The Labute approximate surface area is 189 Å². The molecule has 1 unspecified atom stereocenters. The van der Waals surface area contributed by atoms with Crippen molar-refractivity contribution in [1.29, 1.82) is 0 Å². The number of hydrogen-bond donors (Lipinski definition) is 1. The summed E-state index contributed by atoms with van der Waals surface area (Å²) in [6, 6.07) is 19.6. The van der Waals surface area contributed by atoms with Crippen molar-refractivity contribution < 1.29 is 4.84 Å². The van der Waals surface area contributed by atoms with E-state index >= 15 is 0 Å². The number of rotatable bonds is 6. The minimum Gasteiger partial charge on any atom is -0.399 e. The van der Waals surface area contributed by atoms with Crippen molar-refractivity contribution in [3.05, 3.63) is 88.8 Å². The molecule has 3 aromatic rings. The molecule has 0 bridgehead atoms. The summed E-state index contributed by atoms with van der Waals surface area (Å²) in [4.78, 5) is 7.35. The van der Waals surface area contributed by atoms with Crippen LogP contribution in [0.4, 0.5) is 5.69 Å². The first-order valence-corrected chi connectivity index (χ1v) is 11.3. The molecule has 0 saturated heterocycles. The average molecular weight is 427 g/mol. The molecule has 2 aromatic carbocycles. The fourth-order valence-corrected chi connectivity index (χ4v) is 4.91. The van der Waals surface area contributed by atoms with E-state index in [1.54, 1.807) is 7.11 Å². The van der Waals surface area contributed by atoms with Gasteiger partial charge in [0.2, 0.25) is 0 Å². The lowest BCUT2D eigenvalue weighted by atomic mass is 9.68. The molecule has 5 nitrogen and oxygen atoms in total. The summed E-state index contributed by atoms with van der Waals surface area (Å²) in [5, 5.41) is 12.5. The number of nitrogens with one attached hydrogen (secondary N) is 1. The lowest BCUT2D eigenvalue weighted by molar-refractivity contribution is 0.208. The van der Waals surface area contributed by atoms with E-state index in [-0.39, 0.29) is 5.41 Å². The van der Waals surface area contributed by atoms with Gasteiger partial charge in [-0.25, -0.2) is 0 Å². The van der Waals surface area contributed by atoms with Crippen LogP contribution in [0.3, 0.4) is 0 Å². The fourth-order valence-electron chi connectivity index (χ4n) is 4.91. The molecule has 2 aliphatic rings. The van der Waals surface area contributed by atoms with Gasteiger partial charge in [0.05, 0.1) is 0 Å². The van der Waals surface area contributed by atoms with Crippen molar-refractivity contribution in [2.24, 2.45) is 11.1 Å². The number of aromatic nitrogens is 2. The number of oxime groups is 1. The summed E-state index contributed by atoms with van der Waals surface area (Å²) in [5.41, 5.74) is 7.68. The summed E-state index contributed by atoms with van der Waals surface area (Å²) in [6.07, 6.45) is 8.95. The van der Waals surface area contributed by atoms with Crippen LogP contribution in [0.2, 0.25) is 0 Å². The van der Waals surface area contributed by atoms with Crippen LogP contribution in [0.5, 0.6) is 0 Å². The van der Waals surface area contributed by atoms with Gasteiger partial charge in [-0.3, -0.25) is 5.10 Å². The Hall–Kier alpha value is -3.34. The maximum Gasteiger partial charge on any atom is 0.117 e. The number of fused-ring (bicyclic) bond motifs is 1. The third-order valence-corrected chi connectivity index (χ3v) is 6.96. The first-order chi connectivity index (χ1) is 15.6. The summed E-state index contributed by atoms with van der Waals surface area (Å²) in [5.74, 6) is 0.438. The molecule has 5 heteroatoms. The van der Waals surface area contributed by atoms with Crippen LogP contribution in [0.15, 0.2) is 65.8 Å². The second-order valence-electron chi connectivity index (χ2n) is 9.04. The Morgan fingerprint density at radius 3 is 2.56 bits per heavy atom. The molecule has 1 aromatic heterocycles. The molecule has 1 fully saturated rings. The van der Waals surface area contributed by atoms with Gasteiger partial charge in [0.1, 0.15) is 18.5 Å². The molecule has 0 amide bonds. The van der Waals surface area contributed by atoms with E-state index in [1.165, 1.54) is 23.2 Å². The molecule has 0 aliphatic heterocycles. The zero-order chi connectivity index (χ0) is 22.1. The second-order valence-corrected chi connectivity index (χ2v) is 9.04. The quantitative estimate of drug-likeness (QED) is 0.436. The van der Waals surface area contributed by atoms with Crippen LogP contribution in [-0.2, 0) is 16.7 Å². The highest BCUT2D eigenvalue weighted by Crippen LogP contribution is 2.43. The molecule has 1 saturated carbocycles. The zero-order valence-electron chi connectivity index (χ0n) is 19.0. The number of aromatic amines is 1. The van der Waals surface area contributed by atoms with Crippen LogP contribution < -0.4 is 4.90 Å². The Morgan fingerprint density at radius 2 is 1.88 bits per heavy atom. The first-order valence-electron chi connectivity index (χ1n) is 11.3. The lowest BCUT2D eigenvalue weighted by Gasteiger charge is -2.35. The van der Waals surface area contributed by atoms with Crippen molar-refractivity contribution in [3.8, 4) is 0 Å². The highest BCUT2D eigenvalue weighted by molar-refractivity contribution is 6.04. The van der Waals surface area contributed by atoms with Crippen molar-refractivity contribution >= 4 is 17.5 Å². The normalized spacial score (nSPS) is 20.5. The highest BCUT2D eigenvalue weighted by Gasteiger charge is 2.38. The molecule has 1 atom stereocenters. The molecule has 0 radical (unpaired) electrons. The van der Waals surface area contributed by atoms with Crippen molar-refractivity contribution in [2.45, 2.75) is 31.1 Å². The smallest absolute Gasteiger partial charge is 0.117 e. The van der Waals surface area contributed by atoms with Crippen LogP contribution >= 0.6 is 0 Å². The van der Waals surface area contributed by atoms with Crippen LogP contribution in [0.1, 0.15) is 47.3 Å². The summed E-state index contributed by atoms with van der Waals surface area (Å²) in [6.45, 7) is 0. The number of anilines is 1. The highest BCUT2D eigenvalue weighted by atomic mass is 16.6. The van der Waals surface area contributed by atoms with Gasteiger partial charge < -0.3 is 9.74 Å². The molecule has 0 spiro atoms. The Kier molecular flexibility index (Phi) is 5.33. The number of H-pyrrole nitrogens is 1. The minimum atomic E-state index is -0.265. The van der Waals surface area contributed by atoms with E-state index < -0.39 is 0 Å². The van der Waals surface area contributed by atoms with E-state index in [4.69, 9.17) is 9.94 Å². The molecule has 5 rings (SSSR count). The van der Waals surface area contributed by atoms with E-state index in [1.807, 2.05) is 0 Å². The van der Waals surface area contributed by atoms with Gasteiger partial charge in [-0.05, 0) is 36.1 Å². The Bertz CT molecular complexity index is 1160. The SMILES string of the molecule is CO/N=C(/c1n[nH]c2c1C=CC(c1ccccc1)(c1cccc(N(C)C)c1)C2)C1CCC1. The number of benzene rings is 2. The standard InChI is InChI=1S/C27H30N4O/c1-31(2)22-14-8-13-21(17-22)27(20-11-5-4-6-12-20)16-15-23-24(18-27)28-29-26(23)25(30-32-3)19-9-7-10-19/h4-6,8,11-17,19H,7,9-10,18H2,1-3H3,(H,28,29)/b30-25+. The van der Waals surface area contributed by atoms with Gasteiger partial charge in [-0.1, -0.05) is 66.2 Å². The van der Waals surface area contributed by atoms with E-state index in [9.17, 15) is 0 Å². The summed E-state index contributed by atoms with van der Waals surface area (Å²) in [7, 11) is 5.79. The van der Waals surface area contributed by atoms with Gasteiger partial charge in [0, 0.05) is 48.8 Å². The first kappa shape index (κ1) is 20.6. The molecular formula is C27H30N4O. The van der Waals surface area contributed by atoms with Crippen LogP contribution in [0, 0.1) is 5.92 Å². The monoisotopic (exact) mass is 426 g/mol. The molecule has 1 N–H and O–H groups in total. The summed E-state index contributed by atoms with van der Waals surface area (Å²) >= 11 is 0. The third kappa shape index (κ3) is 3.42. The van der Waals surface area contributed by atoms with E-state index in [0.717, 1.165) is 41.9 Å². The maximum atomic E-state index is 5.20. The average Bonchev–Trinajstić information content (AvgIpc) is 3.21. The van der Waals surface area contributed by atoms with E-state index in [0.29, 0.717) is 5.92 Å². The van der Waals surface area contributed by atoms with Gasteiger partial charge in [-0.15, -0.1) is 0 Å². The van der Waals surface area contributed by atoms with Crippen molar-refractivity contribution in [2.75, 3.05) is 26.1 Å². The predicted octanol–water partition coefficient (Wildman–Crippen LogP) is 5.18. The van der Waals surface area contributed by atoms with E-state index in [2.05, 4.69) is 96.0 Å². The molecular weight excluding hydrogens is 396 g/mol. The molecule has 1 heterocycles. The third-order valence-electron chi connectivity index (χ3n) is 6.96. The van der Waals surface area contributed by atoms with Crippen LogP contribution in [0.25, 0.3) is 6.08 Å². The number of allylic oxidation sites excluding steroid dienone is 1. The zero-order valence-corrected chi connectivity index (χ0v) is 19.0. The molecule has 2 aliphatic carbocycles. The largest absolute Gasteiger partial charge is 0.399 e. The number of nitrogens with zero attached hydrogens (tertiary/aromatic N) is 3. The van der Waals surface area contributed by atoms with Gasteiger partial charge >= 0.3 is 0 Å². The van der Waals surface area contributed by atoms with Crippen molar-refractivity contribution in [1.82, 2.24) is 10.2 Å². The lowest BCUT2D eigenvalue weighted by Crippen LogP contribution is -2.31. The molecule has 32 heavy (non-hydrogen) atoms. The second kappa shape index (κ2) is 8.30. The topological polar surface area (TPSA) is 53.5 Å². The number of hydrogen-bond acceptors (Lipinski definition) is 4. The van der Waals surface area contributed by atoms with Gasteiger partial charge in [0.25, 0.3) is 0 Å².